The molecule has 0 radical (unpaired) electrons. The van der Waals surface area contributed by atoms with E-state index in [-0.39, 0.29) is 12.3 Å². The molecular formula is C7H16FNO. The van der Waals surface area contributed by atoms with Gasteiger partial charge in [0.2, 0.25) is 0 Å². The van der Waals surface area contributed by atoms with Gasteiger partial charge in [-0.2, -0.15) is 5.54 Å². The lowest BCUT2D eigenvalue weighted by Crippen LogP contribution is -2.03. The monoisotopic (exact) mass is 149 g/mol. The van der Waals surface area contributed by atoms with E-state index in [2.05, 4.69) is 0 Å². The van der Waals surface area contributed by atoms with E-state index in [9.17, 15) is 9.28 Å². The smallest absolute Gasteiger partial charge is 0.129 e. The van der Waals surface area contributed by atoms with Crippen LogP contribution in [0.2, 0.25) is 0 Å². The molecule has 0 aromatic carbocycles. The van der Waals surface area contributed by atoms with E-state index < -0.39 is 0 Å². The topological polar surface area (TPSA) is 29.1 Å². The van der Waals surface area contributed by atoms with Gasteiger partial charge in [-0.1, -0.05) is 13.8 Å². The summed E-state index contributed by atoms with van der Waals surface area (Å²) in [5, 5.41) is 0. The van der Waals surface area contributed by atoms with E-state index in [0.717, 1.165) is 0 Å². The van der Waals surface area contributed by atoms with Crippen molar-refractivity contribution in [1.82, 2.24) is 5.54 Å². The Morgan fingerprint density at radius 2 is 2.00 bits per heavy atom. The van der Waals surface area contributed by atoms with Crippen LogP contribution in [0.4, 0.5) is 4.48 Å². The molecule has 0 aromatic rings. The molecule has 10 heavy (non-hydrogen) atoms. The minimum Gasteiger partial charge on any atom is -0.300 e. The summed E-state index contributed by atoms with van der Waals surface area (Å²) >= 11 is 0. The SMILES string of the molecule is CC.CC(=O)CCCNF. The van der Waals surface area contributed by atoms with E-state index in [0.29, 0.717) is 12.8 Å². The molecule has 0 amide bonds. The zero-order valence-electron chi connectivity index (χ0n) is 6.91. The third kappa shape index (κ3) is 15.6. The maximum absolute atomic E-state index is 11.1. The van der Waals surface area contributed by atoms with Crippen LogP contribution < -0.4 is 5.54 Å². The third-order valence-corrected chi connectivity index (χ3v) is 0.800. The maximum Gasteiger partial charge on any atom is 0.129 e. The van der Waals surface area contributed by atoms with Gasteiger partial charge in [-0.05, 0) is 13.3 Å². The lowest BCUT2D eigenvalue weighted by atomic mass is 10.2. The number of rotatable bonds is 4. The van der Waals surface area contributed by atoms with Crippen LogP contribution in [0.3, 0.4) is 0 Å². The zero-order chi connectivity index (χ0) is 8.41. The van der Waals surface area contributed by atoms with Crippen LogP contribution in [-0.4, -0.2) is 12.3 Å². The van der Waals surface area contributed by atoms with Crippen molar-refractivity contribution in [3.05, 3.63) is 0 Å². The Hall–Kier alpha value is -0.440. The van der Waals surface area contributed by atoms with Crippen molar-refractivity contribution in [2.45, 2.75) is 33.6 Å². The van der Waals surface area contributed by atoms with Gasteiger partial charge >= 0.3 is 0 Å². The molecule has 0 bridgehead atoms. The van der Waals surface area contributed by atoms with Gasteiger partial charge in [0, 0.05) is 13.0 Å². The average molecular weight is 149 g/mol. The van der Waals surface area contributed by atoms with Gasteiger partial charge in [-0.15, -0.1) is 4.48 Å². The van der Waals surface area contributed by atoms with Gasteiger partial charge in [-0.25, -0.2) is 0 Å². The molecule has 62 valence electrons. The Bertz CT molecular complexity index is 76.0. The van der Waals surface area contributed by atoms with Crippen molar-refractivity contribution in [2.75, 3.05) is 6.54 Å². The summed E-state index contributed by atoms with van der Waals surface area (Å²) in [4.78, 5) is 10.2. The summed E-state index contributed by atoms with van der Waals surface area (Å²) in [6.45, 7) is 5.78. The lowest BCUT2D eigenvalue weighted by Gasteiger charge is -1.90. The summed E-state index contributed by atoms with van der Waals surface area (Å²) in [6.07, 6.45) is 1.06. The molecule has 0 unspecified atom stereocenters. The summed E-state index contributed by atoms with van der Waals surface area (Å²) < 4.78 is 11.1. The van der Waals surface area contributed by atoms with Crippen LogP contribution >= 0.6 is 0 Å². The van der Waals surface area contributed by atoms with E-state index >= 15 is 0 Å². The van der Waals surface area contributed by atoms with E-state index in [1.165, 1.54) is 12.5 Å². The molecule has 0 aliphatic heterocycles. The van der Waals surface area contributed by atoms with Crippen molar-refractivity contribution in [1.29, 1.82) is 0 Å². The molecule has 0 aliphatic carbocycles. The van der Waals surface area contributed by atoms with Crippen molar-refractivity contribution in [3.8, 4) is 0 Å². The Balaban J connectivity index is 0. The predicted molar refractivity (Wildman–Crippen MR) is 40.4 cm³/mol. The first kappa shape index (κ1) is 12.3. The molecule has 0 atom stereocenters. The molecule has 0 aliphatic rings. The normalized spacial score (nSPS) is 8.00. The average Bonchev–Trinajstić information content (AvgIpc) is 1.92. The van der Waals surface area contributed by atoms with Crippen LogP contribution in [0.15, 0.2) is 0 Å². The van der Waals surface area contributed by atoms with Crippen molar-refractivity contribution >= 4 is 5.78 Å². The predicted octanol–water partition coefficient (Wildman–Crippen LogP) is 1.86. The van der Waals surface area contributed by atoms with Crippen LogP contribution in [0.25, 0.3) is 0 Å². The molecule has 0 saturated heterocycles. The summed E-state index contributed by atoms with van der Waals surface area (Å²) in [6, 6.07) is 0. The number of hydrogen-bond donors (Lipinski definition) is 1. The zero-order valence-corrected chi connectivity index (χ0v) is 6.91. The summed E-state index contributed by atoms with van der Waals surface area (Å²) in [5.41, 5.74) is 1.47. The van der Waals surface area contributed by atoms with Gasteiger partial charge in [0.05, 0.1) is 0 Å². The molecule has 0 aromatic heterocycles. The number of halogens is 1. The standard InChI is InChI=1S/C5H10FNO.C2H6/c1-5(8)3-2-4-7-6;1-2/h7H,2-4H2,1H3;1-2H3. The number of hydrogen-bond acceptors (Lipinski definition) is 2. The van der Waals surface area contributed by atoms with Crippen LogP contribution in [0, 0.1) is 0 Å². The van der Waals surface area contributed by atoms with Crippen molar-refractivity contribution in [2.24, 2.45) is 0 Å². The van der Waals surface area contributed by atoms with Crippen LogP contribution in [-0.2, 0) is 4.79 Å². The third-order valence-electron chi connectivity index (χ3n) is 0.800. The Kier molecular flexibility index (Phi) is 13.9. The van der Waals surface area contributed by atoms with Gasteiger partial charge in [0.15, 0.2) is 0 Å². The number of carbonyl (C=O) groups is 1. The second-order valence-electron chi connectivity index (χ2n) is 1.69. The fourth-order valence-corrected chi connectivity index (χ4v) is 0.404. The number of Topliss-reactive ketones (excluding diaryl/α,β-unsaturated/α-hetero) is 1. The molecular weight excluding hydrogens is 133 g/mol. The second-order valence-corrected chi connectivity index (χ2v) is 1.69. The van der Waals surface area contributed by atoms with Gasteiger partial charge < -0.3 is 4.79 Å². The molecule has 2 nitrogen and oxygen atoms in total. The Morgan fingerprint density at radius 3 is 2.30 bits per heavy atom. The minimum atomic E-state index is 0.111. The highest BCUT2D eigenvalue weighted by Crippen LogP contribution is 1.86. The van der Waals surface area contributed by atoms with Crippen LogP contribution in [0.1, 0.15) is 33.6 Å². The van der Waals surface area contributed by atoms with Gasteiger partial charge in [0.25, 0.3) is 0 Å². The highest BCUT2D eigenvalue weighted by Gasteiger charge is 1.90. The molecule has 0 spiro atoms. The highest BCUT2D eigenvalue weighted by atomic mass is 19.2. The van der Waals surface area contributed by atoms with Gasteiger partial charge in [0.1, 0.15) is 5.78 Å². The van der Waals surface area contributed by atoms with Gasteiger partial charge in [-0.3, -0.25) is 0 Å². The molecule has 0 heterocycles. The fourth-order valence-electron chi connectivity index (χ4n) is 0.404. The first-order chi connectivity index (χ1) is 4.77. The largest absolute Gasteiger partial charge is 0.300 e. The first-order valence-corrected chi connectivity index (χ1v) is 3.60. The lowest BCUT2D eigenvalue weighted by molar-refractivity contribution is -0.117. The molecule has 0 rings (SSSR count). The molecule has 0 saturated carbocycles. The maximum atomic E-state index is 11.1. The second kappa shape index (κ2) is 11.4. The minimum absolute atomic E-state index is 0.111. The van der Waals surface area contributed by atoms with E-state index in [4.69, 9.17) is 0 Å². The van der Waals surface area contributed by atoms with E-state index in [1.807, 2.05) is 13.8 Å². The number of carbonyl (C=O) groups excluding carboxylic acids is 1. The van der Waals surface area contributed by atoms with Crippen molar-refractivity contribution < 1.29 is 9.28 Å². The van der Waals surface area contributed by atoms with Crippen molar-refractivity contribution in [3.63, 3.8) is 0 Å². The fraction of sp³-hybridized carbons (Fsp3) is 0.857. The summed E-state index contributed by atoms with van der Waals surface area (Å²) in [7, 11) is 0. The Labute approximate surface area is 61.7 Å². The van der Waals surface area contributed by atoms with Crippen LogP contribution in [0.5, 0.6) is 0 Å². The first-order valence-electron chi connectivity index (χ1n) is 3.60. The summed E-state index contributed by atoms with van der Waals surface area (Å²) in [5.74, 6) is 0.111. The highest BCUT2D eigenvalue weighted by molar-refractivity contribution is 5.75. The molecule has 3 heteroatoms. The molecule has 1 N–H and O–H groups in total. The Morgan fingerprint density at radius 1 is 1.50 bits per heavy atom. The quantitative estimate of drug-likeness (QED) is 0.488. The number of ketones is 1. The van der Waals surface area contributed by atoms with E-state index in [1.54, 1.807) is 0 Å². The molecule has 0 fully saturated rings. The number of nitrogens with one attached hydrogen (secondary N) is 1.